The van der Waals surface area contributed by atoms with Gasteiger partial charge in [0.1, 0.15) is 5.69 Å². The number of amides is 1. The molecule has 0 radical (unpaired) electrons. The summed E-state index contributed by atoms with van der Waals surface area (Å²) in [6.07, 6.45) is 4.09. The Bertz CT molecular complexity index is 693. The van der Waals surface area contributed by atoms with Crippen LogP contribution in [0.25, 0.3) is 0 Å². The number of nitrogens with two attached hydrogens (primary N) is 1. The molecule has 1 aliphatic carbocycles. The molecule has 2 heterocycles. The van der Waals surface area contributed by atoms with Gasteiger partial charge in [0.05, 0.1) is 11.4 Å². The van der Waals surface area contributed by atoms with Crippen LogP contribution in [0.15, 0.2) is 12.3 Å². The molecule has 6 nitrogen and oxygen atoms in total. The Balaban J connectivity index is 1.75. The number of nitrogens with one attached hydrogen (secondary N) is 1. The van der Waals surface area contributed by atoms with Crippen molar-refractivity contribution in [2.45, 2.75) is 39.3 Å². The maximum absolute atomic E-state index is 12.4. The number of aromatic nitrogens is 3. The first kappa shape index (κ1) is 13.7. The average molecular weight is 287 g/mol. The fourth-order valence-electron chi connectivity index (χ4n) is 2.67. The molecule has 3 N–H and O–H groups in total. The molecule has 0 unspecified atom stereocenters. The molecule has 1 amide bonds. The lowest BCUT2D eigenvalue weighted by Gasteiger charge is -2.09. The maximum atomic E-state index is 12.4. The van der Waals surface area contributed by atoms with Crippen molar-refractivity contribution in [2.75, 3.05) is 5.73 Å². The van der Waals surface area contributed by atoms with Gasteiger partial charge in [-0.05, 0) is 32.8 Å². The Morgan fingerprint density at radius 2 is 2.19 bits per heavy atom. The maximum Gasteiger partial charge on any atom is 0.268 e. The van der Waals surface area contributed by atoms with E-state index < -0.39 is 0 Å². The van der Waals surface area contributed by atoms with Gasteiger partial charge < -0.3 is 15.6 Å². The fourth-order valence-corrected chi connectivity index (χ4v) is 2.67. The van der Waals surface area contributed by atoms with Crippen LogP contribution >= 0.6 is 0 Å². The summed E-state index contributed by atoms with van der Waals surface area (Å²) in [7, 11) is 1.91. The third-order valence-corrected chi connectivity index (χ3v) is 4.13. The van der Waals surface area contributed by atoms with Gasteiger partial charge in [0.2, 0.25) is 0 Å². The number of hydrogen-bond donors (Lipinski definition) is 2. The van der Waals surface area contributed by atoms with Crippen molar-refractivity contribution >= 4 is 11.6 Å². The van der Waals surface area contributed by atoms with Crippen molar-refractivity contribution in [3.05, 3.63) is 34.9 Å². The molecule has 1 aliphatic rings. The molecule has 0 aliphatic heterocycles. The molecule has 21 heavy (non-hydrogen) atoms. The molecule has 0 aromatic carbocycles. The Hall–Kier alpha value is -2.24. The van der Waals surface area contributed by atoms with Crippen LogP contribution < -0.4 is 11.1 Å². The van der Waals surface area contributed by atoms with E-state index in [9.17, 15) is 4.79 Å². The lowest BCUT2D eigenvalue weighted by atomic mass is 10.2. The molecule has 6 heteroatoms. The highest BCUT2D eigenvalue weighted by Gasteiger charge is 2.27. The molecule has 112 valence electrons. The highest BCUT2D eigenvalue weighted by atomic mass is 16.1. The quantitative estimate of drug-likeness (QED) is 0.898. The molecule has 1 saturated carbocycles. The molecule has 1 fully saturated rings. The molecular formula is C15H21N5O. The van der Waals surface area contributed by atoms with E-state index in [1.807, 2.05) is 36.3 Å². The standard InChI is InChI=1S/C15H21N5O/c1-9-13(10(2)19(3)18-9)7-17-15(21)14-6-11(16)8-20(14)12-4-5-12/h6,8,12H,4-5,7,16H2,1-3H3,(H,17,21). The van der Waals surface area contributed by atoms with E-state index in [1.54, 1.807) is 6.07 Å². The predicted molar refractivity (Wildman–Crippen MR) is 81.0 cm³/mol. The first-order valence-corrected chi connectivity index (χ1v) is 7.22. The van der Waals surface area contributed by atoms with E-state index in [2.05, 4.69) is 10.4 Å². The predicted octanol–water partition coefficient (Wildman–Crippen LogP) is 1.69. The van der Waals surface area contributed by atoms with E-state index >= 15 is 0 Å². The Labute approximate surface area is 123 Å². The third kappa shape index (κ3) is 2.53. The molecular weight excluding hydrogens is 266 g/mol. The van der Waals surface area contributed by atoms with Gasteiger partial charge in [-0.3, -0.25) is 9.48 Å². The number of aryl methyl sites for hydroxylation is 2. The molecule has 2 aromatic heterocycles. The van der Waals surface area contributed by atoms with Crippen molar-refractivity contribution in [3.8, 4) is 0 Å². The van der Waals surface area contributed by atoms with E-state index in [0.717, 1.165) is 29.8 Å². The van der Waals surface area contributed by atoms with Gasteiger partial charge in [0, 0.05) is 37.1 Å². The summed E-state index contributed by atoms with van der Waals surface area (Å²) in [5, 5.41) is 7.34. The van der Waals surface area contributed by atoms with Crippen molar-refractivity contribution in [3.63, 3.8) is 0 Å². The minimum atomic E-state index is -0.0822. The third-order valence-electron chi connectivity index (χ3n) is 4.13. The summed E-state index contributed by atoms with van der Waals surface area (Å²) >= 11 is 0. The summed E-state index contributed by atoms with van der Waals surface area (Å²) in [5.74, 6) is -0.0822. The van der Waals surface area contributed by atoms with Gasteiger partial charge >= 0.3 is 0 Å². The zero-order valence-corrected chi connectivity index (χ0v) is 12.7. The van der Waals surface area contributed by atoms with Crippen molar-refractivity contribution < 1.29 is 4.79 Å². The highest BCUT2D eigenvalue weighted by Crippen LogP contribution is 2.37. The van der Waals surface area contributed by atoms with Crippen molar-refractivity contribution in [1.82, 2.24) is 19.7 Å². The van der Waals surface area contributed by atoms with E-state index in [0.29, 0.717) is 24.0 Å². The van der Waals surface area contributed by atoms with E-state index in [1.165, 1.54) is 0 Å². The monoisotopic (exact) mass is 287 g/mol. The summed E-state index contributed by atoms with van der Waals surface area (Å²) in [6.45, 7) is 4.45. The average Bonchev–Trinajstić information content (AvgIpc) is 3.15. The zero-order valence-electron chi connectivity index (χ0n) is 12.7. The summed E-state index contributed by atoms with van der Waals surface area (Å²) < 4.78 is 3.83. The second-order valence-electron chi connectivity index (χ2n) is 5.75. The van der Waals surface area contributed by atoms with Crippen LogP contribution in [0.4, 0.5) is 5.69 Å². The van der Waals surface area contributed by atoms with Gasteiger partial charge in [0.25, 0.3) is 5.91 Å². The Kier molecular flexibility index (Phi) is 3.23. The molecule has 0 saturated heterocycles. The number of nitrogen functional groups attached to an aromatic ring is 1. The van der Waals surface area contributed by atoms with Crippen molar-refractivity contribution in [1.29, 1.82) is 0 Å². The number of anilines is 1. The lowest BCUT2D eigenvalue weighted by molar-refractivity contribution is 0.0941. The van der Waals surface area contributed by atoms with Crippen LogP contribution in [0, 0.1) is 13.8 Å². The molecule has 0 bridgehead atoms. The van der Waals surface area contributed by atoms with Gasteiger partial charge in [-0.15, -0.1) is 0 Å². The molecule has 2 aromatic rings. The Morgan fingerprint density at radius 3 is 2.76 bits per heavy atom. The second kappa shape index (κ2) is 4.95. The van der Waals surface area contributed by atoms with Crippen LogP contribution in [0.2, 0.25) is 0 Å². The van der Waals surface area contributed by atoms with Gasteiger partial charge in [-0.25, -0.2) is 0 Å². The van der Waals surface area contributed by atoms with Crippen LogP contribution in [-0.2, 0) is 13.6 Å². The Morgan fingerprint density at radius 1 is 1.48 bits per heavy atom. The number of nitrogens with zero attached hydrogens (tertiary/aromatic N) is 3. The smallest absolute Gasteiger partial charge is 0.268 e. The molecule has 0 atom stereocenters. The second-order valence-corrected chi connectivity index (χ2v) is 5.75. The first-order valence-electron chi connectivity index (χ1n) is 7.22. The minimum Gasteiger partial charge on any atom is -0.397 e. The van der Waals surface area contributed by atoms with Crippen LogP contribution in [0.5, 0.6) is 0 Å². The van der Waals surface area contributed by atoms with Gasteiger partial charge in [-0.2, -0.15) is 5.10 Å². The first-order chi connectivity index (χ1) is 9.97. The highest BCUT2D eigenvalue weighted by molar-refractivity contribution is 5.93. The summed E-state index contributed by atoms with van der Waals surface area (Å²) in [5.41, 5.74) is 10.2. The zero-order chi connectivity index (χ0) is 15.1. The number of hydrogen-bond acceptors (Lipinski definition) is 3. The number of carbonyl (C=O) groups is 1. The fraction of sp³-hybridized carbons (Fsp3) is 0.467. The van der Waals surface area contributed by atoms with Crippen LogP contribution in [0.1, 0.15) is 46.3 Å². The SMILES string of the molecule is Cc1nn(C)c(C)c1CNC(=O)c1cc(N)cn1C1CC1. The normalized spacial score (nSPS) is 14.4. The van der Waals surface area contributed by atoms with Crippen molar-refractivity contribution in [2.24, 2.45) is 7.05 Å². The van der Waals surface area contributed by atoms with E-state index in [4.69, 9.17) is 5.73 Å². The topological polar surface area (TPSA) is 77.9 Å². The van der Waals surface area contributed by atoms with Crippen LogP contribution in [0.3, 0.4) is 0 Å². The lowest BCUT2D eigenvalue weighted by Crippen LogP contribution is -2.25. The van der Waals surface area contributed by atoms with Crippen LogP contribution in [-0.4, -0.2) is 20.3 Å². The summed E-state index contributed by atoms with van der Waals surface area (Å²) in [4.78, 5) is 12.4. The van der Waals surface area contributed by atoms with E-state index in [-0.39, 0.29) is 5.91 Å². The number of carbonyl (C=O) groups excluding carboxylic acids is 1. The largest absolute Gasteiger partial charge is 0.397 e. The molecule has 0 spiro atoms. The molecule has 3 rings (SSSR count). The number of rotatable bonds is 4. The summed E-state index contributed by atoms with van der Waals surface area (Å²) in [6, 6.07) is 2.18. The van der Waals surface area contributed by atoms with Gasteiger partial charge in [0.15, 0.2) is 0 Å². The minimum absolute atomic E-state index is 0.0822. The van der Waals surface area contributed by atoms with Gasteiger partial charge in [-0.1, -0.05) is 0 Å².